The molecule has 1 saturated carbocycles. The molecule has 0 unspecified atom stereocenters. The highest BCUT2D eigenvalue weighted by atomic mass is 16.3. The van der Waals surface area contributed by atoms with E-state index in [1.165, 1.54) is 18.4 Å². The first-order valence-corrected chi connectivity index (χ1v) is 8.91. The molecule has 0 saturated heterocycles. The number of aromatic nitrogens is 3. The van der Waals surface area contributed by atoms with E-state index < -0.39 is 0 Å². The first-order chi connectivity index (χ1) is 12.2. The summed E-state index contributed by atoms with van der Waals surface area (Å²) < 4.78 is 8.03. The molecule has 0 aliphatic heterocycles. The van der Waals surface area contributed by atoms with Gasteiger partial charge < -0.3 is 9.32 Å². The highest BCUT2D eigenvalue weighted by Gasteiger charge is 2.29. The Hall–Kier alpha value is -2.40. The number of hydrogen-bond donors (Lipinski definition) is 0. The molecular formula is C20H24N4O. The second-order valence-electron chi connectivity index (χ2n) is 7.03. The zero-order valence-electron chi connectivity index (χ0n) is 14.9. The van der Waals surface area contributed by atoms with Gasteiger partial charge in [-0.2, -0.15) is 5.10 Å². The van der Waals surface area contributed by atoms with Gasteiger partial charge in [0.2, 0.25) is 0 Å². The predicted octanol–water partition coefficient (Wildman–Crippen LogP) is 3.72. The van der Waals surface area contributed by atoms with Crippen molar-refractivity contribution < 1.29 is 4.42 Å². The number of rotatable bonds is 7. The van der Waals surface area contributed by atoms with Gasteiger partial charge in [-0.25, -0.2) is 9.67 Å². The molecule has 2 aromatic heterocycles. The van der Waals surface area contributed by atoms with Crippen LogP contribution < -0.4 is 0 Å². The minimum absolute atomic E-state index is 0.535. The van der Waals surface area contributed by atoms with Gasteiger partial charge >= 0.3 is 0 Å². The molecule has 25 heavy (non-hydrogen) atoms. The van der Waals surface area contributed by atoms with E-state index in [9.17, 15) is 0 Å². The summed E-state index contributed by atoms with van der Waals surface area (Å²) in [7, 11) is 4.07. The second kappa shape index (κ2) is 6.84. The van der Waals surface area contributed by atoms with Crippen molar-refractivity contribution in [2.24, 2.45) is 0 Å². The van der Waals surface area contributed by atoms with Crippen LogP contribution in [0.3, 0.4) is 0 Å². The average molecular weight is 336 g/mol. The number of furan rings is 1. The molecule has 1 aliphatic carbocycles. The Kier molecular flexibility index (Phi) is 4.40. The lowest BCUT2D eigenvalue weighted by atomic mass is 10.1. The van der Waals surface area contributed by atoms with Gasteiger partial charge in [-0.05, 0) is 51.1 Å². The highest BCUT2D eigenvalue weighted by Crippen LogP contribution is 2.39. The lowest BCUT2D eigenvalue weighted by Crippen LogP contribution is -2.09. The standard InChI is InChI=1S/C20H24N4O/c1-23(2)14-17-10-11-18(25-17)20-21-19(16-8-9-16)22-24(20)13-12-15-6-4-3-5-7-15/h3-7,10-11,16H,8-9,12-14H2,1-2H3. The third-order valence-corrected chi connectivity index (χ3v) is 4.44. The smallest absolute Gasteiger partial charge is 0.194 e. The molecule has 4 rings (SSSR count). The van der Waals surface area contributed by atoms with E-state index in [4.69, 9.17) is 14.5 Å². The molecule has 1 aliphatic rings. The fourth-order valence-corrected chi connectivity index (χ4v) is 2.99. The van der Waals surface area contributed by atoms with Crippen molar-refractivity contribution in [2.75, 3.05) is 14.1 Å². The summed E-state index contributed by atoms with van der Waals surface area (Å²) in [5, 5.41) is 4.77. The van der Waals surface area contributed by atoms with Gasteiger partial charge in [0.15, 0.2) is 17.4 Å². The first-order valence-electron chi connectivity index (χ1n) is 8.91. The topological polar surface area (TPSA) is 47.1 Å². The quantitative estimate of drug-likeness (QED) is 0.660. The zero-order valence-corrected chi connectivity index (χ0v) is 14.9. The van der Waals surface area contributed by atoms with Crippen LogP contribution in [0.15, 0.2) is 46.9 Å². The Bertz CT molecular complexity index is 831. The molecule has 0 atom stereocenters. The molecule has 0 spiro atoms. The fraction of sp³-hybridized carbons (Fsp3) is 0.400. The van der Waals surface area contributed by atoms with E-state index in [0.29, 0.717) is 5.92 Å². The molecule has 2 heterocycles. The van der Waals surface area contributed by atoms with Crippen molar-refractivity contribution >= 4 is 0 Å². The van der Waals surface area contributed by atoms with Crippen LogP contribution in [-0.2, 0) is 19.5 Å². The fourth-order valence-electron chi connectivity index (χ4n) is 2.99. The van der Waals surface area contributed by atoms with Gasteiger partial charge in [0.25, 0.3) is 0 Å². The van der Waals surface area contributed by atoms with E-state index in [0.717, 1.165) is 42.7 Å². The highest BCUT2D eigenvalue weighted by molar-refractivity contribution is 5.48. The van der Waals surface area contributed by atoms with Crippen LogP contribution >= 0.6 is 0 Å². The maximum atomic E-state index is 6.02. The minimum atomic E-state index is 0.535. The SMILES string of the molecule is CN(C)Cc1ccc(-c2nc(C3CC3)nn2CCc2ccccc2)o1. The van der Waals surface area contributed by atoms with Gasteiger partial charge in [0.05, 0.1) is 6.54 Å². The normalized spacial score (nSPS) is 14.4. The van der Waals surface area contributed by atoms with Crippen molar-refractivity contribution in [3.8, 4) is 11.6 Å². The Morgan fingerprint density at radius 2 is 1.92 bits per heavy atom. The van der Waals surface area contributed by atoms with Crippen molar-refractivity contribution in [3.05, 3.63) is 59.6 Å². The number of hydrogen-bond acceptors (Lipinski definition) is 4. The van der Waals surface area contributed by atoms with Crippen LogP contribution in [0.25, 0.3) is 11.6 Å². The largest absolute Gasteiger partial charge is 0.456 e. The molecule has 5 nitrogen and oxygen atoms in total. The zero-order chi connectivity index (χ0) is 17.2. The summed E-state index contributed by atoms with van der Waals surface area (Å²) in [5.74, 6) is 4.11. The van der Waals surface area contributed by atoms with Gasteiger partial charge in [-0.1, -0.05) is 30.3 Å². The predicted molar refractivity (Wildman–Crippen MR) is 97.2 cm³/mol. The monoisotopic (exact) mass is 336 g/mol. The average Bonchev–Trinajstić information content (AvgIpc) is 3.21. The van der Waals surface area contributed by atoms with Gasteiger partial charge in [-0.15, -0.1) is 0 Å². The van der Waals surface area contributed by atoms with Crippen LogP contribution in [-0.4, -0.2) is 33.8 Å². The summed E-state index contributed by atoms with van der Waals surface area (Å²) in [6.45, 7) is 1.59. The summed E-state index contributed by atoms with van der Waals surface area (Å²) in [6, 6.07) is 14.5. The molecular weight excluding hydrogens is 312 g/mol. The molecule has 130 valence electrons. The van der Waals surface area contributed by atoms with Crippen LogP contribution in [0.5, 0.6) is 0 Å². The van der Waals surface area contributed by atoms with Crippen molar-refractivity contribution in [1.82, 2.24) is 19.7 Å². The van der Waals surface area contributed by atoms with E-state index in [1.54, 1.807) is 0 Å². The molecule has 3 aromatic rings. The lowest BCUT2D eigenvalue weighted by molar-refractivity contribution is 0.352. The van der Waals surface area contributed by atoms with E-state index in [1.807, 2.05) is 37.0 Å². The summed E-state index contributed by atoms with van der Waals surface area (Å²) in [6.07, 6.45) is 3.34. The van der Waals surface area contributed by atoms with Crippen LogP contribution in [0.4, 0.5) is 0 Å². The Morgan fingerprint density at radius 3 is 2.64 bits per heavy atom. The molecule has 0 N–H and O–H groups in total. The molecule has 5 heteroatoms. The van der Waals surface area contributed by atoms with Crippen LogP contribution in [0.1, 0.15) is 35.9 Å². The third-order valence-electron chi connectivity index (χ3n) is 4.44. The van der Waals surface area contributed by atoms with Crippen molar-refractivity contribution in [2.45, 2.75) is 38.3 Å². The lowest BCUT2D eigenvalue weighted by Gasteiger charge is -2.06. The third kappa shape index (κ3) is 3.82. The van der Waals surface area contributed by atoms with Crippen LogP contribution in [0.2, 0.25) is 0 Å². The minimum Gasteiger partial charge on any atom is -0.456 e. The van der Waals surface area contributed by atoms with Gasteiger partial charge in [0, 0.05) is 12.5 Å². The van der Waals surface area contributed by atoms with E-state index in [2.05, 4.69) is 29.2 Å². The molecule has 1 aromatic carbocycles. The first kappa shape index (κ1) is 16.1. The maximum Gasteiger partial charge on any atom is 0.194 e. The summed E-state index contributed by atoms with van der Waals surface area (Å²) in [5.41, 5.74) is 1.31. The molecule has 0 radical (unpaired) electrons. The van der Waals surface area contributed by atoms with Gasteiger partial charge in [-0.3, -0.25) is 0 Å². The Balaban J connectivity index is 1.58. The van der Waals surface area contributed by atoms with E-state index in [-0.39, 0.29) is 0 Å². The number of aryl methyl sites for hydroxylation is 2. The molecule has 0 amide bonds. The maximum absolute atomic E-state index is 6.02. The molecule has 0 bridgehead atoms. The Morgan fingerprint density at radius 1 is 1.12 bits per heavy atom. The van der Waals surface area contributed by atoms with Crippen LogP contribution in [0, 0.1) is 0 Å². The van der Waals surface area contributed by atoms with Crippen molar-refractivity contribution in [1.29, 1.82) is 0 Å². The summed E-state index contributed by atoms with van der Waals surface area (Å²) >= 11 is 0. The Labute approximate surface area is 148 Å². The molecule has 1 fully saturated rings. The number of nitrogens with zero attached hydrogens (tertiary/aromatic N) is 4. The van der Waals surface area contributed by atoms with Gasteiger partial charge in [0.1, 0.15) is 5.76 Å². The number of benzene rings is 1. The van der Waals surface area contributed by atoms with Crippen molar-refractivity contribution in [3.63, 3.8) is 0 Å². The second-order valence-corrected chi connectivity index (χ2v) is 7.03. The van der Waals surface area contributed by atoms with E-state index >= 15 is 0 Å². The summed E-state index contributed by atoms with van der Waals surface area (Å²) in [4.78, 5) is 6.89.